The Balaban J connectivity index is 0.00000240. The normalized spacial score (nSPS) is 15.6. The number of rotatable bonds is 4. The van der Waals surface area contributed by atoms with Gasteiger partial charge >= 0.3 is 0 Å². The quantitative estimate of drug-likeness (QED) is 0.519. The molecule has 0 bridgehead atoms. The van der Waals surface area contributed by atoms with E-state index in [9.17, 15) is 4.79 Å². The third-order valence-corrected chi connectivity index (χ3v) is 6.46. The summed E-state index contributed by atoms with van der Waals surface area (Å²) in [5.41, 5.74) is 2.49. The summed E-state index contributed by atoms with van der Waals surface area (Å²) in [6.07, 6.45) is 0. The van der Waals surface area contributed by atoms with Crippen molar-refractivity contribution in [2.75, 3.05) is 26.2 Å². The van der Waals surface area contributed by atoms with Gasteiger partial charge in [0.2, 0.25) is 0 Å². The van der Waals surface area contributed by atoms with Crippen LogP contribution in [0.3, 0.4) is 0 Å². The molecule has 29 heavy (non-hydrogen) atoms. The lowest BCUT2D eigenvalue weighted by molar-refractivity contribution is 0.0602. The number of amides is 1. The Bertz CT molecular complexity index is 931. The van der Waals surface area contributed by atoms with Gasteiger partial charge in [0.25, 0.3) is 5.91 Å². The fourth-order valence-corrected chi connectivity index (χ4v) is 4.74. The van der Waals surface area contributed by atoms with Crippen molar-refractivity contribution in [3.63, 3.8) is 0 Å². The lowest BCUT2D eigenvalue weighted by Crippen LogP contribution is -2.49. The molecule has 1 amide bonds. The predicted molar refractivity (Wildman–Crippen MR) is 123 cm³/mol. The predicted octanol–water partition coefficient (Wildman–Crippen LogP) is 5.89. The molecule has 1 fully saturated rings. The maximum atomic E-state index is 12.8. The highest BCUT2D eigenvalue weighted by atomic mass is 35.5. The number of piperazine rings is 1. The van der Waals surface area contributed by atoms with Gasteiger partial charge in [0.1, 0.15) is 0 Å². The molecule has 1 atom stereocenters. The van der Waals surface area contributed by atoms with Gasteiger partial charge in [-0.15, -0.1) is 11.3 Å². The summed E-state index contributed by atoms with van der Waals surface area (Å²) in [5.74, 6) is 0.153. The molecule has 0 aliphatic carbocycles. The zero-order valence-electron chi connectivity index (χ0n) is 15.8. The second-order valence-electron chi connectivity index (χ2n) is 7.10. The van der Waals surface area contributed by atoms with E-state index in [4.69, 9.17) is 11.6 Å². The maximum absolute atomic E-state index is 12.8. The van der Waals surface area contributed by atoms with Crippen LogP contribution < -0.4 is 0 Å². The summed E-state index contributed by atoms with van der Waals surface area (Å²) < 4.78 is 0. The highest BCUT2D eigenvalue weighted by Crippen LogP contribution is 2.30. The van der Waals surface area contributed by atoms with Gasteiger partial charge in [-0.2, -0.15) is 0 Å². The molecule has 3 nitrogen and oxygen atoms in total. The molecule has 2 heterocycles. The molecule has 0 spiro atoms. The zero-order chi connectivity index (χ0) is 19.5. The Labute approximate surface area is 182 Å². The first-order valence-electron chi connectivity index (χ1n) is 9.52. The van der Waals surface area contributed by atoms with Gasteiger partial charge < -0.3 is 4.90 Å². The smallest absolute Gasteiger partial charge is 0.264 e. The van der Waals surface area contributed by atoms with Crippen LogP contribution in [0.2, 0.25) is 5.02 Å². The second-order valence-corrected chi connectivity index (χ2v) is 8.83. The van der Waals surface area contributed by atoms with Crippen LogP contribution in [-0.2, 0) is 0 Å². The molecule has 0 saturated carbocycles. The van der Waals surface area contributed by atoms with Gasteiger partial charge in [-0.05, 0) is 42.3 Å². The topological polar surface area (TPSA) is 23.6 Å². The van der Waals surface area contributed by atoms with E-state index < -0.39 is 0 Å². The number of nitrogens with zero attached hydrogens (tertiary/aromatic N) is 2. The fraction of sp³-hybridized carbons (Fsp3) is 0.292. The molecular formula is C24H27ClN2OS. The monoisotopic (exact) mass is 426 g/mol. The average molecular weight is 427 g/mol. The molecule has 2 aromatic carbocycles. The van der Waals surface area contributed by atoms with Crippen LogP contribution in [0.5, 0.6) is 0 Å². The van der Waals surface area contributed by atoms with Crippen LogP contribution in [0.1, 0.15) is 39.1 Å². The van der Waals surface area contributed by atoms with Crippen molar-refractivity contribution in [3.8, 4) is 0 Å². The maximum Gasteiger partial charge on any atom is 0.264 e. The number of carbonyl (C=O) groups is 1. The third-order valence-electron chi connectivity index (χ3n) is 5.22. The van der Waals surface area contributed by atoms with Crippen molar-refractivity contribution >= 4 is 28.8 Å². The van der Waals surface area contributed by atoms with Gasteiger partial charge in [0, 0.05) is 36.1 Å². The summed E-state index contributed by atoms with van der Waals surface area (Å²) >= 11 is 7.68. The molecular weight excluding hydrogens is 400 g/mol. The standard InChI is InChI=1S/C23H23ClN2OS.CH4/c1-17-7-12-21(28-17)23(27)26-15-13-25(14-16-26)22(18-5-3-2-4-6-18)19-8-10-20(24)11-9-19;/h2-12,22H,13-16H2,1H3;1H4. The van der Waals surface area contributed by atoms with Gasteiger partial charge in [0.15, 0.2) is 0 Å². The Morgan fingerprint density at radius 1 is 0.897 bits per heavy atom. The summed E-state index contributed by atoms with van der Waals surface area (Å²) in [6, 6.07) is 22.8. The average Bonchev–Trinajstić information content (AvgIpc) is 3.17. The molecule has 3 aromatic rings. The minimum atomic E-state index is 0. The van der Waals surface area contributed by atoms with E-state index in [-0.39, 0.29) is 19.4 Å². The van der Waals surface area contributed by atoms with Crippen LogP contribution in [0.15, 0.2) is 66.7 Å². The molecule has 0 radical (unpaired) electrons. The van der Waals surface area contributed by atoms with Crippen LogP contribution in [0.4, 0.5) is 0 Å². The van der Waals surface area contributed by atoms with Gasteiger partial charge in [0.05, 0.1) is 10.9 Å². The molecule has 0 N–H and O–H groups in total. The van der Waals surface area contributed by atoms with E-state index in [0.29, 0.717) is 0 Å². The third kappa shape index (κ3) is 4.89. The van der Waals surface area contributed by atoms with Crippen molar-refractivity contribution in [1.29, 1.82) is 0 Å². The van der Waals surface area contributed by atoms with Crippen molar-refractivity contribution in [2.45, 2.75) is 20.4 Å². The van der Waals surface area contributed by atoms with Crippen molar-refractivity contribution in [2.24, 2.45) is 0 Å². The fourth-order valence-electron chi connectivity index (χ4n) is 3.78. The number of halogens is 1. The molecule has 1 aromatic heterocycles. The van der Waals surface area contributed by atoms with Gasteiger partial charge in [-0.3, -0.25) is 9.69 Å². The van der Waals surface area contributed by atoms with Gasteiger partial charge in [-0.1, -0.05) is 61.5 Å². The Kier molecular flexibility index (Phi) is 7.12. The Morgan fingerprint density at radius 3 is 2.10 bits per heavy atom. The van der Waals surface area contributed by atoms with Crippen molar-refractivity contribution in [3.05, 3.63) is 92.6 Å². The van der Waals surface area contributed by atoms with E-state index in [0.717, 1.165) is 36.1 Å². The first-order valence-corrected chi connectivity index (χ1v) is 10.7. The largest absolute Gasteiger partial charge is 0.335 e. The SMILES string of the molecule is C.Cc1ccc(C(=O)N2CCN(C(c3ccccc3)c3ccc(Cl)cc3)CC2)s1. The molecule has 1 aliphatic heterocycles. The summed E-state index contributed by atoms with van der Waals surface area (Å²) in [7, 11) is 0. The highest BCUT2D eigenvalue weighted by Gasteiger charge is 2.28. The van der Waals surface area contributed by atoms with Crippen LogP contribution in [0, 0.1) is 6.92 Å². The van der Waals surface area contributed by atoms with Crippen molar-refractivity contribution in [1.82, 2.24) is 9.80 Å². The molecule has 4 rings (SSSR count). The van der Waals surface area contributed by atoms with E-state index in [2.05, 4.69) is 41.3 Å². The highest BCUT2D eigenvalue weighted by molar-refractivity contribution is 7.13. The minimum absolute atomic E-state index is 0. The van der Waals surface area contributed by atoms with Crippen LogP contribution in [0.25, 0.3) is 0 Å². The molecule has 1 unspecified atom stereocenters. The van der Waals surface area contributed by atoms with E-state index in [1.807, 2.05) is 42.2 Å². The number of benzene rings is 2. The number of hydrogen-bond acceptors (Lipinski definition) is 3. The minimum Gasteiger partial charge on any atom is -0.335 e. The first-order chi connectivity index (χ1) is 13.6. The first kappa shape index (κ1) is 21.6. The zero-order valence-corrected chi connectivity index (χ0v) is 17.4. The van der Waals surface area contributed by atoms with Crippen molar-refractivity contribution < 1.29 is 4.79 Å². The van der Waals surface area contributed by atoms with Gasteiger partial charge in [-0.25, -0.2) is 0 Å². The number of carbonyl (C=O) groups excluding carboxylic acids is 1. The lowest BCUT2D eigenvalue weighted by Gasteiger charge is -2.39. The van der Waals surface area contributed by atoms with Crippen LogP contribution >= 0.6 is 22.9 Å². The number of hydrogen-bond donors (Lipinski definition) is 0. The summed E-state index contributed by atoms with van der Waals surface area (Å²) in [4.78, 5) is 19.2. The van der Waals surface area contributed by atoms with Crippen LogP contribution in [-0.4, -0.2) is 41.9 Å². The number of thiophene rings is 1. The Morgan fingerprint density at radius 2 is 1.52 bits per heavy atom. The molecule has 1 saturated heterocycles. The Hall–Kier alpha value is -2.14. The lowest BCUT2D eigenvalue weighted by atomic mass is 9.96. The second kappa shape index (κ2) is 9.57. The number of aryl methyl sites for hydroxylation is 1. The van der Waals surface area contributed by atoms with E-state index in [1.54, 1.807) is 11.3 Å². The van der Waals surface area contributed by atoms with E-state index in [1.165, 1.54) is 16.0 Å². The summed E-state index contributed by atoms with van der Waals surface area (Å²) in [6.45, 7) is 5.21. The van der Waals surface area contributed by atoms with E-state index >= 15 is 0 Å². The molecule has 1 aliphatic rings. The molecule has 5 heteroatoms. The summed E-state index contributed by atoms with van der Waals surface area (Å²) in [5, 5.41) is 0.747. The molecule has 152 valence electrons.